The SMILES string of the molecule is CC(=O)N(CC(=O)Nc1ccccc1)c1cc(Cl)cc(Cl)c1. The second-order valence-electron chi connectivity index (χ2n) is 4.65. The Kier molecular flexibility index (Phi) is 5.41. The van der Waals surface area contributed by atoms with Gasteiger partial charge in [-0.2, -0.15) is 0 Å². The first-order chi connectivity index (χ1) is 10.5. The van der Waals surface area contributed by atoms with Gasteiger partial charge in [-0.3, -0.25) is 9.59 Å². The summed E-state index contributed by atoms with van der Waals surface area (Å²) in [5, 5.41) is 3.53. The number of benzene rings is 2. The van der Waals surface area contributed by atoms with Crippen LogP contribution in [0.5, 0.6) is 0 Å². The van der Waals surface area contributed by atoms with E-state index in [1.807, 2.05) is 18.2 Å². The van der Waals surface area contributed by atoms with E-state index < -0.39 is 0 Å². The van der Waals surface area contributed by atoms with Gasteiger partial charge in [-0.25, -0.2) is 0 Å². The normalized spacial score (nSPS) is 10.1. The van der Waals surface area contributed by atoms with Crippen LogP contribution in [-0.4, -0.2) is 18.4 Å². The number of anilines is 2. The van der Waals surface area contributed by atoms with Gasteiger partial charge >= 0.3 is 0 Å². The van der Waals surface area contributed by atoms with Gasteiger partial charge in [-0.15, -0.1) is 0 Å². The largest absolute Gasteiger partial charge is 0.325 e. The van der Waals surface area contributed by atoms with E-state index in [1.165, 1.54) is 11.8 Å². The van der Waals surface area contributed by atoms with Gasteiger partial charge in [0.25, 0.3) is 0 Å². The maximum Gasteiger partial charge on any atom is 0.244 e. The number of halogens is 2. The molecule has 22 heavy (non-hydrogen) atoms. The first-order valence-corrected chi connectivity index (χ1v) is 7.30. The zero-order valence-electron chi connectivity index (χ0n) is 11.8. The third-order valence-electron chi connectivity index (χ3n) is 2.90. The Labute approximate surface area is 138 Å². The fourth-order valence-corrected chi connectivity index (χ4v) is 2.46. The molecular formula is C16H14Cl2N2O2. The molecule has 0 fully saturated rings. The molecule has 0 aromatic heterocycles. The molecule has 114 valence electrons. The van der Waals surface area contributed by atoms with Crippen LogP contribution in [0, 0.1) is 0 Å². The molecule has 0 aliphatic carbocycles. The minimum absolute atomic E-state index is 0.124. The Balaban J connectivity index is 2.15. The number of nitrogens with zero attached hydrogens (tertiary/aromatic N) is 1. The average molecular weight is 337 g/mol. The summed E-state index contributed by atoms with van der Waals surface area (Å²) < 4.78 is 0. The Morgan fingerprint density at radius 1 is 1.05 bits per heavy atom. The molecule has 0 heterocycles. The summed E-state index contributed by atoms with van der Waals surface area (Å²) in [7, 11) is 0. The summed E-state index contributed by atoms with van der Waals surface area (Å²) in [6.07, 6.45) is 0. The van der Waals surface area contributed by atoms with Crippen LogP contribution in [0.4, 0.5) is 11.4 Å². The highest BCUT2D eigenvalue weighted by atomic mass is 35.5. The highest BCUT2D eigenvalue weighted by molar-refractivity contribution is 6.35. The molecule has 0 spiro atoms. The van der Waals surface area contributed by atoms with Crippen LogP contribution in [0.1, 0.15) is 6.92 Å². The highest BCUT2D eigenvalue weighted by Crippen LogP contribution is 2.25. The fourth-order valence-electron chi connectivity index (χ4n) is 1.95. The molecule has 2 rings (SSSR count). The van der Waals surface area contributed by atoms with E-state index in [0.29, 0.717) is 21.4 Å². The second-order valence-corrected chi connectivity index (χ2v) is 5.52. The molecule has 1 N–H and O–H groups in total. The van der Waals surface area contributed by atoms with Gasteiger partial charge in [0.15, 0.2) is 0 Å². The van der Waals surface area contributed by atoms with Crippen LogP contribution < -0.4 is 10.2 Å². The van der Waals surface area contributed by atoms with E-state index in [2.05, 4.69) is 5.32 Å². The van der Waals surface area contributed by atoms with E-state index in [4.69, 9.17) is 23.2 Å². The molecule has 0 bridgehead atoms. The summed E-state index contributed by atoms with van der Waals surface area (Å²) in [5.41, 5.74) is 1.15. The summed E-state index contributed by atoms with van der Waals surface area (Å²) in [4.78, 5) is 25.2. The first kappa shape index (κ1) is 16.3. The summed E-state index contributed by atoms with van der Waals surface area (Å²) in [5.74, 6) is -0.584. The predicted octanol–water partition coefficient (Wildman–Crippen LogP) is 3.99. The number of para-hydroxylation sites is 1. The van der Waals surface area contributed by atoms with Gasteiger partial charge in [-0.1, -0.05) is 41.4 Å². The minimum atomic E-state index is -0.308. The van der Waals surface area contributed by atoms with Crippen molar-refractivity contribution in [2.45, 2.75) is 6.92 Å². The quantitative estimate of drug-likeness (QED) is 0.917. The Morgan fingerprint density at radius 3 is 2.18 bits per heavy atom. The van der Waals surface area contributed by atoms with E-state index in [1.54, 1.807) is 30.3 Å². The molecule has 4 nitrogen and oxygen atoms in total. The molecule has 0 aliphatic heterocycles. The van der Waals surface area contributed by atoms with Gasteiger partial charge < -0.3 is 10.2 Å². The van der Waals surface area contributed by atoms with E-state index in [0.717, 1.165) is 0 Å². The van der Waals surface area contributed by atoms with Crippen LogP contribution in [0.15, 0.2) is 48.5 Å². The van der Waals surface area contributed by atoms with Crippen LogP contribution in [0.3, 0.4) is 0 Å². The summed E-state index contributed by atoms with van der Waals surface area (Å²) >= 11 is 11.9. The zero-order valence-corrected chi connectivity index (χ0v) is 13.4. The molecule has 6 heteroatoms. The van der Waals surface area contributed by atoms with Crippen molar-refractivity contribution in [3.63, 3.8) is 0 Å². The van der Waals surface area contributed by atoms with Crippen molar-refractivity contribution < 1.29 is 9.59 Å². The molecule has 0 radical (unpaired) electrons. The number of hydrogen-bond donors (Lipinski definition) is 1. The smallest absolute Gasteiger partial charge is 0.244 e. The van der Waals surface area contributed by atoms with Crippen molar-refractivity contribution in [2.75, 3.05) is 16.8 Å². The number of nitrogens with one attached hydrogen (secondary N) is 1. The molecule has 0 unspecified atom stereocenters. The van der Waals surface area contributed by atoms with Crippen LogP contribution in [-0.2, 0) is 9.59 Å². The summed E-state index contributed by atoms with van der Waals surface area (Å²) in [6, 6.07) is 13.8. The van der Waals surface area contributed by atoms with Gasteiger partial charge in [0.1, 0.15) is 6.54 Å². The Morgan fingerprint density at radius 2 is 1.64 bits per heavy atom. The maximum absolute atomic E-state index is 12.1. The maximum atomic E-state index is 12.1. The number of carbonyl (C=O) groups is 2. The zero-order chi connectivity index (χ0) is 16.1. The molecule has 2 aromatic carbocycles. The molecule has 0 saturated carbocycles. The van der Waals surface area contributed by atoms with Gasteiger partial charge in [-0.05, 0) is 30.3 Å². The van der Waals surface area contributed by atoms with Crippen molar-refractivity contribution in [1.82, 2.24) is 0 Å². The molecule has 0 atom stereocenters. The lowest BCUT2D eigenvalue weighted by Gasteiger charge is -2.21. The van der Waals surface area contributed by atoms with E-state index >= 15 is 0 Å². The standard InChI is InChI=1S/C16H14Cl2N2O2/c1-11(21)20(15-8-12(17)7-13(18)9-15)10-16(22)19-14-5-3-2-4-6-14/h2-9H,10H2,1H3,(H,19,22). The lowest BCUT2D eigenvalue weighted by atomic mass is 10.2. The third-order valence-corrected chi connectivity index (χ3v) is 3.33. The van der Waals surface area contributed by atoms with Gasteiger partial charge in [0.05, 0.1) is 0 Å². The lowest BCUT2D eigenvalue weighted by molar-refractivity contribution is -0.120. The van der Waals surface area contributed by atoms with E-state index in [-0.39, 0.29) is 18.4 Å². The van der Waals surface area contributed by atoms with E-state index in [9.17, 15) is 9.59 Å². The number of hydrogen-bond acceptors (Lipinski definition) is 2. The van der Waals surface area contributed by atoms with Crippen molar-refractivity contribution >= 4 is 46.4 Å². The molecule has 2 amide bonds. The monoisotopic (exact) mass is 336 g/mol. The molecule has 0 saturated heterocycles. The van der Waals surface area contributed by atoms with Crippen LogP contribution >= 0.6 is 23.2 Å². The number of carbonyl (C=O) groups excluding carboxylic acids is 2. The summed E-state index contributed by atoms with van der Waals surface area (Å²) in [6.45, 7) is 1.26. The molecular weight excluding hydrogens is 323 g/mol. The Bertz CT molecular complexity index is 670. The topological polar surface area (TPSA) is 49.4 Å². The highest BCUT2D eigenvalue weighted by Gasteiger charge is 2.17. The molecule has 0 aliphatic rings. The van der Waals surface area contributed by atoms with Gasteiger partial charge in [0, 0.05) is 28.3 Å². The second kappa shape index (κ2) is 7.29. The third kappa shape index (κ3) is 4.48. The van der Waals surface area contributed by atoms with Crippen LogP contribution in [0.2, 0.25) is 10.0 Å². The van der Waals surface area contributed by atoms with Gasteiger partial charge in [0.2, 0.25) is 11.8 Å². The fraction of sp³-hybridized carbons (Fsp3) is 0.125. The predicted molar refractivity (Wildman–Crippen MR) is 89.6 cm³/mol. The van der Waals surface area contributed by atoms with Crippen molar-refractivity contribution in [2.24, 2.45) is 0 Å². The van der Waals surface area contributed by atoms with Crippen molar-refractivity contribution in [3.05, 3.63) is 58.6 Å². The number of rotatable bonds is 4. The minimum Gasteiger partial charge on any atom is -0.325 e. The number of amides is 2. The van der Waals surface area contributed by atoms with Crippen molar-refractivity contribution in [3.8, 4) is 0 Å². The average Bonchev–Trinajstić information content (AvgIpc) is 2.44. The first-order valence-electron chi connectivity index (χ1n) is 6.55. The van der Waals surface area contributed by atoms with Crippen molar-refractivity contribution in [1.29, 1.82) is 0 Å². The Hall–Kier alpha value is -2.04. The van der Waals surface area contributed by atoms with Crippen LogP contribution in [0.25, 0.3) is 0 Å². The lowest BCUT2D eigenvalue weighted by Crippen LogP contribution is -2.36. The molecule has 2 aromatic rings.